The van der Waals surface area contributed by atoms with Crippen molar-refractivity contribution in [2.45, 2.75) is 12.3 Å². The van der Waals surface area contributed by atoms with Crippen LogP contribution >= 0.6 is 27.5 Å². The molecule has 2 aromatic rings. The molecule has 0 bridgehead atoms. The van der Waals surface area contributed by atoms with Crippen molar-refractivity contribution < 1.29 is 9.59 Å². The van der Waals surface area contributed by atoms with Gasteiger partial charge in [0.1, 0.15) is 0 Å². The average Bonchev–Trinajstić information content (AvgIpc) is 3.27. The van der Waals surface area contributed by atoms with Crippen molar-refractivity contribution in [2.75, 3.05) is 5.32 Å². The smallest absolute Gasteiger partial charge is 0.250 e. The zero-order chi connectivity index (χ0) is 16.6. The molecule has 0 aliphatic heterocycles. The van der Waals surface area contributed by atoms with Crippen LogP contribution in [0.25, 0.3) is 0 Å². The molecular formula is C17H14BrClN2O2. The van der Waals surface area contributed by atoms with Gasteiger partial charge < -0.3 is 11.1 Å². The molecule has 118 valence electrons. The van der Waals surface area contributed by atoms with E-state index in [2.05, 4.69) is 21.2 Å². The van der Waals surface area contributed by atoms with E-state index in [9.17, 15) is 9.59 Å². The Balaban J connectivity index is 1.74. The van der Waals surface area contributed by atoms with Gasteiger partial charge in [0, 0.05) is 15.4 Å². The first-order valence-electron chi connectivity index (χ1n) is 7.11. The van der Waals surface area contributed by atoms with Gasteiger partial charge in [0.25, 0.3) is 5.91 Å². The highest BCUT2D eigenvalue weighted by molar-refractivity contribution is 9.10. The van der Waals surface area contributed by atoms with Crippen molar-refractivity contribution in [3.8, 4) is 0 Å². The first-order valence-corrected chi connectivity index (χ1v) is 8.28. The quantitative estimate of drug-likeness (QED) is 0.825. The fourth-order valence-corrected chi connectivity index (χ4v) is 3.21. The molecule has 0 unspecified atom stereocenters. The van der Waals surface area contributed by atoms with Crippen LogP contribution in [0.15, 0.2) is 46.9 Å². The lowest BCUT2D eigenvalue weighted by Crippen LogP contribution is -2.19. The Bertz CT molecular complexity index is 794. The predicted molar refractivity (Wildman–Crippen MR) is 93.6 cm³/mol. The van der Waals surface area contributed by atoms with Gasteiger partial charge >= 0.3 is 0 Å². The molecule has 23 heavy (non-hydrogen) atoms. The Morgan fingerprint density at radius 1 is 1.22 bits per heavy atom. The Morgan fingerprint density at radius 3 is 2.70 bits per heavy atom. The summed E-state index contributed by atoms with van der Waals surface area (Å²) in [5.74, 6) is -0.642. The van der Waals surface area contributed by atoms with E-state index in [1.54, 1.807) is 18.2 Å². The summed E-state index contributed by atoms with van der Waals surface area (Å²) in [7, 11) is 0. The zero-order valence-corrected chi connectivity index (χ0v) is 14.4. The highest BCUT2D eigenvalue weighted by Crippen LogP contribution is 2.48. The molecule has 1 aliphatic rings. The number of amides is 2. The summed E-state index contributed by atoms with van der Waals surface area (Å²) >= 11 is 9.32. The monoisotopic (exact) mass is 392 g/mol. The van der Waals surface area contributed by atoms with Crippen LogP contribution < -0.4 is 11.1 Å². The van der Waals surface area contributed by atoms with Gasteiger partial charge in [-0.15, -0.1) is 0 Å². The number of rotatable bonds is 4. The number of benzene rings is 2. The summed E-state index contributed by atoms with van der Waals surface area (Å²) in [5.41, 5.74) is 7.12. The number of halogens is 2. The Morgan fingerprint density at radius 2 is 2.00 bits per heavy atom. The van der Waals surface area contributed by atoms with Gasteiger partial charge in [-0.05, 0) is 48.2 Å². The molecule has 0 saturated heterocycles. The van der Waals surface area contributed by atoms with Crippen LogP contribution in [0.3, 0.4) is 0 Å². The lowest BCUT2D eigenvalue weighted by Gasteiger charge is -2.09. The maximum Gasteiger partial charge on any atom is 0.250 e. The third kappa shape index (κ3) is 3.57. The minimum atomic E-state index is -0.574. The molecular weight excluding hydrogens is 380 g/mol. The highest BCUT2D eigenvalue weighted by atomic mass is 79.9. The molecule has 2 amide bonds. The Kier molecular flexibility index (Phi) is 4.41. The second-order valence-electron chi connectivity index (χ2n) is 5.55. The summed E-state index contributed by atoms with van der Waals surface area (Å²) in [4.78, 5) is 23.9. The first-order chi connectivity index (χ1) is 11.0. The maximum absolute atomic E-state index is 12.4. The van der Waals surface area contributed by atoms with E-state index < -0.39 is 5.91 Å². The minimum absolute atomic E-state index is 0.115. The van der Waals surface area contributed by atoms with E-state index >= 15 is 0 Å². The molecule has 2 aromatic carbocycles. The highest BCUT2D eigenvalue weighted by Gasteiger charge is 2.44. The SMILES string of the molecule is NC(=O)c1ccc(Br)cc1NC(=O)[C@H]1C[C@@H]1c1cccc(Cl)c1. The number of carbonyl (C=O) groups is 2. The van der Waals surface area contributed by atoms with Crippen molar-refractivity contribution in [1.82, 2.24) is 0 Å². The van der Waals surface area contributed by atoms with Gasteiger partial charge in [0.05, 0.1) is 11.3 Å². The molecule has 0 spiro atoms. The van der Waals surface area contributed by atoms with Crippen molar-refractivity contribution in [3.63, 3.8) is 0 Å². The van der Waals surface area contributed by atoms with Crippen LogP contribution in [-0.2, 0) is 4.79 Å². The van der Waals surface area contributed by atoms with Crippen LogP contribution in [0.1, 0.15) is 28.3 Å². The van der Waals surface area contributed by atoms with E-state index in [1.165, 1.54) is 0 Å². The first kappa shape index (κ1) is 16.0. The third-order valence-electron chi connectivity index (χ3n) is 3.91. The second-order valence-corrected chi connectivity index (χ2v) is 6.90. The number of nitrogens with two attached hydrogens (primary N) is 1. The van der Waals surface area contributed by atoms with Crippen molar-refractivity contribution in [3.05, 3.63) is 63.1 Å². The van der Waals surface area contributed by atoms with Crippen LogP contribution in [0.4, 0.5) is 5.69 Å². The fourth-order valence-electron chi connectivity index (χ4n) is 2.65. The topological polar surface area (TPSA) is 72.2 Å². The molecule has 0 aromatic heterocycles. The van der Waals surface area contributed by atoms with Gasteiger partial charge in [-0.3, -0.25) is 9.59 Å². The molecule has 0 radical (unpaired) electrons. The van der Waals surface area contributed by atoms with Crippen molar-refractivity contribution >= 4 is 45.0 Å². The summed E-state index contributed by atoms with van der Waals surface area (Å²) in [6.07, 6.45) is 0.770. The number of primary amides is 1. The third-order valence-corrected chi connectivity index (χ3v) is 4.64. The number of hydrogen-bond donors (Lipinski definition) is 2. The summed E-state index contributed by atoms with van der Waals surface area (Å²) in [6.45, 7) is 0. The van der Waals surface area contributed by atoms with Gasteiger partial charge in [-0.1, -0.05) is 39.7 Å². The predicted octanol–water partition coefficient (Wildman–Crippen LogP) is 3.94. The molecule has 1 saturated carbocycles. The van der Waals surface area contributed by atoms with Gasteiger partial charge in [-0.25, -0.2) is 0 Å². The lowest BCUT2D eigenvalue weighted by molar-refractivity contribution is -0.117. The molecule has 0 heterocycles. The van der Waals surface area contributed by atoms with E-state index in [0.29, 0.717) is 16.3 Å². The van der Waals surface area contributed by atoms with Crippen LogP contribution in [0.2, 0.25) is 5.02 Å². The largest absolute Gasteiger partial charge is 0.366 e. The lowest BCUT2D eigenvalue weighted by atomic mass is 10.1. The van der Waals surface area contributed by atoms with E-state index in [0.717, 1.165) is 16.5 Å². The Hall–Kier alpha value is -1.85. The molecule has 3 N–H and O–H groups in total. The molecule has 2 atom stereocenters. The summed E-state index contributed by atoms with van der Waals surface area (Å²) in [5, 5.41) is 3.47. The average molecular weight is 394 g/mol. The summed E-state index contributed by atoms with van der Waals surface area (Å²) < 4.78 is 0.764. The van der Waals surface area contributed by atoms with E-state index in [4.69, 9.17) is 17.3 Å². The normalized spacial score (nSPS) is 19.2. The number of carbonyl (C=O) groups excluding carboxylic acids is 2. The van der Waals surface area contributed by atoms with Gasteiger partial charge in [0.15, 0.2) is 0 Å². The van der Waals surface area contributed by atoms with Gasteiger partial charge in [0.2, 0.25) is 5.91 Å². The van der Waals surface area contributed by atoms with Crippen LogP contribution in [0.5, 0.6) is 0 Å². The van der Waals surface area contributed by atoms with Crippen LogP contribution in [0, 0.1) is 5.92 Å². The standard InChI is InChI=1S/C17H14BrClN2O2/c18-10-4-5-12(16(20)22)15(7-10)21-17(23)14-8-13(14)9-2-1-3-11(19)6-9/h1-7,13-14H,8H2,(H2,20,22)(H,21,23)/t13-,14+/m1/s1. The van der Waals surface area contributed by atoms with E-state index in [-0.39, 0.29) is 17.7 Å². The molecule has 4 nitrogen and oxygen atoms in total. The minimum Gasteiger partial charge on any atom is -0.366 e. The summed E-state index contributed by atoms with van der Waals surface area (Å²) in [6, 6.07) is 12.5. The molecule has 1 aliphatic carbocycles. The maximum atomic E-state index is 12.4. The number of anilines is 1. The number of hydrogen-bond acceptors (Lipinski definition) is 2. The van der Waals surface area contributed by atoms with Crippen molar-refractivity contribution in [2.24, 2.45) is 11.7 Å². The Labute approximate surface area is 147 Å². The van der Waals surface area contributed by atoms with Crippen molar-refractivity contribution in [1.29, 1.82) is 0 Å². The zero-order valence-electron chi connectivity index (χ0n) is 12.1. The van der Waals surface area contributed by atoms with Gasteiger partial charge in [-0.2, -0.15) is 0 Å². The molecule has 3 rings (SSSR count). The van der Waals surface area contributed by atoms with E-state index in [1.807, 2.05) is 24.3 Å². The molecule has 1 fully saturated rings. The van der Waals surface area contributed by atoms with Crippen LogP contribution in [-0.4, -0.2) is 11.8 Å². The second kappa shape index (κ2) is 6.34. The number of nitrogens with one attached hydrogen (secondary N) is 1. The fraction of sp³-hybridized carbons (Fsp3) is 0.176. The molecule has 6 heteroatoms.